The number of nitrogens with one attached hydrogen (secondary N) is 1. The minimum atomic E-state index is -0.988. The van der Waals surface area contributed by atoms with Gasteiger partial charge in [0.25, 0.3) is 0 Å². The third-order valence-electron chi connectivity index (χ3n) is 3.74. The maximum atomic E-state index is 11.1. The van der Waals surface area contributed by atoms with Crippen LogP contribution < -0.4 is 11.1 Å². The molecule has 1 aromatic carbocycles. The summed E-state index contributed by atoms with van der Waals surface area (Å²) in [5.41, 5.74) is 6.94. The van der Waals surface area contributed by atoms with E-state index in [0.717, 1.165) is 25.2 Å². The van der Waals surface area contributed by atoms with Gasteiger partial charge in [0.15, 0.2) is 0 Å². The lowest BCUT2D eigenvalue weighted by Gasteiger charge is -2.35. The van der Waals surface area contributed by atoms with Crippen molar-refractivity contribution in [1.82, 2.24) is 4.90 Å². The number of anilines is 2. The number of benzene rings is 1. The van der Waals surface area contributed by atoms with Gasteiger partial charge in [0, 0.05) is 24.0 Å². The van der Waals surface area contributed by atoms with E-state index in [1.54, 1.807) is 12.1 Å². The standard InChI is InChI=1S/C14H21N3O2/c1-9-8-17(2)6-5-13(9)16-10-3-4-12(15)11(7-10)14(18)19/h3-4,7,9,13,16H,5-6,8,15H2,1-2H3,(H,18,19). The van der Waals surface area contributed by atoms with E-state index < -0.39 is 5.97 Å². The summed E-state index contributed by atoms with van der Waals surface area (Å²) in [6, 6.07) is 5.47. The number of aromatic carboxylic acids is 1. The molecule has 1 aromatic rings. The first-order valence-corrected chi connectivity index (χ1v) is 6.55. The summed E-state index contributed by atoms with van der Waals surface area (Å²) in [7, 11) is 2.12. The lowest BCUT2D eigenvalue weighted by molar-refractivity contribution is 0.0698. The van der Waals surface area contributed by atoms with Crippen LogP contribution in [0.2, 0.25) is 0 Å². The number of carboxylic acids is 1. The van der Waals surface area contributed by atoms with Crippen molar-refractivity contribution in [3.63, 3.8) is 0 Å². The molecule has 2 atom stereocenters. The lowest BCUT2D eigenvalue weighted by atomic mass is 9.94. The second-order valence-electron chi connectivity index (χ2n) is 5.39. The number of hydrogen-bond donors (Lipinski definition) is 3. The monoisotopic (exact) mass is 263 g/mol. The Morgan fingerprint density at radius 3 is 2.89 bits per heavy atom. The number of carbonyl (C=O) groups is 1. The van der Waals surface area contributed by atoms with Gasteiger partial charge in [0.2, 0.25) is 0 Å². The molecule has 0 radical (unpaired) electrons. The summed E-state index contributed by atoms with van der Waals surface area (Å²) in [6.07, 6.45) is 1.06. The summed E-state index contributed by atoms with van der Waals surface area (Å²) < 4.78 is 0. The van der Waals surface area contributed by atoms with Crippen LogP contribution in [0.3, 0.4) is 0 Å². The lowest BCUT2D eigenvalue weighted by Crippen LogP contribution is -2.43. The van der Waals surface area contributed by atoms with Crippen LogP contribution in [-0.4, -0.2) is 42.2 Å². The second-order valence-corrected chi connectivity index (χ2v) is 5.39. The SMILES string of the molecule is CC1CN(C)CCC1Nc1ccc(N)c(C(=O)O)c1. The maximum Gasteiger partial charge on any atom is 0.337 e. The third kappa shape index (κ3) is 3.17. The number of nitrogen functional groups attached to an aromatic ring is 1. The van der Waals surface area contributed by atoms with Crippen molar-refractivity contribution in [3.05, 3.63) is 23.8 Å². The van der Waals surface area contributed by atoms with Gasteiger partial charge in [0.1, 0.15) is 0 Å². The predicted molar refractivity (Wildman–Crippen MR) is 76.5 cm³/mol. The Kier molecular flexibility index (Phi) is 3.95. The van der Waals surface area contributed by atoms with Crippen molar-refractivity contribution < 1.29 is 9.90 Å². The molecule has 0 amide bonds. The Bertz CT molecular complexity index is 476. The van der Waals surface area contributed by atoms with Crippen LogP contribution in [0.4, 0.5) is 11.4 Å². The molecule has 0 spiro atoms. The molecule has 0 aliphatic carbocycles. The van der Waals surface area contributed by atoms with Gasteiger partial charge in [-0.3, -0.25) is 0 Å². The van der Waals surface area contributed by atoms with Crippen molar-refractivity contribution >= 4 is 17.3 Å². The molecule has 5 heteroatoms. The molecule has 1 heterocycles. The first-order chi connectivity index (χ1) is 8.97. The van der Waals surface area contributed by atoms with Crippen LogP contribution in [0.5, 0.6) is 0 Å². The number of piperidine rings is 1. The molecule has 0 aromatic heterocycles. The Hall–Kier alpha value is -1.75. The van der Waals surface area contributed by atoms with E-state index in [4.69, 9.17) is 10.8 Å². The van der Waals surface area contributed by atoms with Crippen LogP contribution >= 0.6 is 0 Å². The number of rotatable bonds is 3. The van der Waals surface area contributed by atoms with E-state index in [1.807, 2.05) is 6.07 Å². The van der Waals surface area contributed by atoms with Crippen LogP contribution in [0.25, 0.3) is 0 Å². The molecule has 104 valence electrons. The van der Waals surface area contributed by atoms with Gasteiger partial charge in [-0.1, -0.05) is 6.92 Å². The molecule has 1 saturated heterocycles. The van der Waals surface area contributed by atoms with Crippen LogP contribution in [0.1, 0.15) is 23.7 Å². The molecule has 0 bridgehead atoms. The van der Waals surface area contributed by atoms with Gasteiger partial charge in [-0.15, -0.1) is 0 Å². The smallest absolute Gasteiger partial charge is 0.337 e. The molecule has 4 N–H and O–H groups in total. The Labute approximate surface area is 113 Å². The van der Waals surface area contributed by atoms with Crippen molar-refractivity contribution in [3.8, 4) is 0 Å². The van der Waals surface area contributed by atoms with Crippen molar-refractivity contribution in [1.29, 1.82) is 0 Å². The first kappa shape index (κ1) is 13.7. The highest BCUT2D eigenvalue weighted by Crippen LogP contribution is 2.23. The zero-order valence-corrected chi connectivity index (χ0v) is 11.4. The van der Waals surface area contributed by atoms with Crippen molar-refractivity contribution in [2.45, 2.75) is 19.4 Å². The zero-order valence-electron chi connectivity index (χ0n) is 11.4. The molecule has 2 rings (SSSR count). The number of carboxylic acid groups (broad SMARTS) is 1. The van der Waals surface area contributed by atoms with Crippen molar-refractivity contribution in [2.24, 2.45) is 5.92 Å². The molecular weight excluding hydrogens is 242 g/mol. The summed E-state index contributed by atoms with van der Waals surface area (Å²) in [4.78, 5) is 13.4. The average Bonchev–Trinajstić information content (AvgIpc) is 2.34. The summed E-state index contributed by atoms with van der Waals surface area (Å²) >= 11 is 0. The second kappa shape index (κ2) is 5.48. The molecule has 19 heavy (non-hydrogen) atoms. The number of likely N-dealkylation sites (tertiary alicyclic amines) is 1. The molecule has 1 aliphatic rings. The minimum absolute atomic E-state index is 0.158. The average molecular weight is 263 g/mol. The topological polar surface area (TPSA) is 78.6 Å². The third-order valence-corrected chi connectivity index (χ3v) is 3.74. The molecule has 1 aliphatic heterocycles. The maximum absolute atomic E-state index is 11.1. The normalized spacial score (nSPS) is 24.1. The molecule has 2 unspecified atom stereocenters. The van der Waals surface area contributed by atoms with Gasteiger partial charge in [0.05, 0.1) is 5.56 Å². The van der Waals surface area contributed by atoms with E-state index in [9.17, 15) is 4.79 Å². The van der Waals surface area contributed by atoms with Gasteiger partial charge in [-0.25, -0.2) is 4.79 Å². The Balaban J connectivity index is 2.11. The van der Waals surface area contributed by atoms with Gasteiger partial charge in [-0.05, 0) is 44.1 Å². The van der Waals surface area contributed by atoms with Gasteiger partial charge in [-0.2, -0.15) is 0 Å². The highest BCUT2D eigenvalue weighted by Gasteiger charge is 2.24. The Morgan fingerprint density at radius 1 is 1.53 bits per heavy atom. The fraction of sp³-hybridized carbons (Fsp3) is 0.500. The quantitative estimate of drug-likeness (QED) is 0.724. The highest BCUT2D eigenvalue weighted by atomic mass is 16.4. The van der Waals surface area contributed by atoms with Gasteiger partial charge >= 0.3 is 5.97 Å². The van der Waals surface area contributed by atoms with E-state index in [-0.39, 0.29) is 5.56 Å². The van der Waals surface area contributed by atoms with Crippen LogP contribution in [0.15, 0.2) is 18.2 Å². The number of nitrogens with zero attached hydrogens (tertiary/aromatic N) is 1. The minimum Gasteiger partial charge on any atom is -0.478 e. The largest absolute Gasteiger partial charge is 0.478 e. The zero-order chi connectivity index (χ0) is 14.0. The van der Waals surface area contributed by atoms with E-state index in [0.29, 0.717) is 17.6 Å². The van der Waals surface area contributed by atoms with Gasteiger partial charge < -0.3 is 21.1 Å². The predicted octanol–water partition coefficient (Wildman–Crippen LogP) is 1.72. The number of hydrogen-bond acceptors (Lipinski definition) is 4. The number of nitrogens with two attached hydrogens (primary N) is 1. The molecular formula is C14H21N3O2. The molecule has 5 nitrogen and oxygen atoms in total. The highest BCUT2D eigenvalue weighted by molar-refractivity contribution is 5.94. The summed E-state index contributed by atoms with van der Waals surface area (Å²) in [5, 5.41) is 12.5. The van der Waals surface area contributed by atoms with Crippen LogP contribution in [-0.2, 0) is 0 Å². The fourth-order valence-electron chi connectivity index (χ4n) is 2.61. The fourth-order valence-corrected chi connectivity index (χ4v) is 2.61. The van der Waals surface area contributed by atoms with E-state index in [1.165, 1.54) is 0 Å². The van der Waals surface area contributed by atoms with E-state index in [2.05, 4.69) is 24.2 Å². The molecule has 1 fully saturated rings. The van der Waals surface area contributed by atoms with E-state index >= 15 is 0 Å². The first-order valence-electron chi connectivity index (χ1n) is 6.55. The Morgan fingerprint density at radius 2 is 2.26 bits per heavy atom. The summed E-state index contributed by atoms with van der Waals surface area (Å²) in [6.45, 7) is 4.32. The van der Waals surface area contributed by atoms with Crippen molar-refractivity contribution in [2.75, 3.05) is 31.2 Å². The van der Waals surface area contributed by atoms with Crippen LogP contribution in [0, 0.1) is 5.92 Å². The molecule has 0 saturated carbocycles. The summed E-state index contributed by atoms with van der Waals surface area (Å²) in [5.74, 6) is -0.456.